The molecule has 0 saturated heterocycles. The summed E-state index contributed by atoms with van der Waals surface area (Å²) >= 11 is 0. The molecule has 1 fully saturated rings. The minimum atomic E-state index is 0.137. The number of aryl methyl sites for hydroxylation is 1. The summed E-state index contributed by atoms with van der Waals surface area (Å²) in [5, 5.41) is 0. The van der Waals surface area contributed by atoms with E-state index in [4.69, 9.17) is 0 Å². The Morgan fingerprint density at radius 3 is 2.75 bits per heavy atom. The molecule has 2 heteroatoms. The summed E-state index contributed by atoms with van der Waals surface area (Å²) in [6.07, 6.45) is 9.12. The highest BCUT2D eigenvalue weighted by Crippen LogP contribution is 2.52. The molecule has 3 aliphatic rings. The lowest BCUT2D eigenvalue weighted by Crippen LogP contribution is -2.58. The molecule has 0 bridgehead atoms. The monoisotopic (exact) mass is 269 g/mol. The van der Waals surface area contributed by atoms with E-state index in [9.17, 15) is 4.79 Å². The summed E-state index contributed by atoms with van der Waals surface area (Å²) in [4.78, 5) is 14.9. The van der Waals surface area contributed by atoms with Gasteiger partial charge in [0.2, 0.25) is 5.91 Å². The molecule has 20 heavy (non-hydrogen) atoms. The fourth-order valence-electron chi connectivity index (χ4n) is 4.87. The Balaban J connectivity index is 1.91. The summed E-state index contributed by atoms with van der Waals surface area (Å²) in [5.41, 5.74) is 4.24. The normalized spacial score (nSPS) is 27.6. The minimum Gasteiger partial charge on any atom is -0.306 e. The molecule has 106 valence electrons. The van der Waals surface area contributed by atoms with Gasteiger partial charge >= 0.3 is 0 Å². The third kappa shape index (κ3) is 1.60. The van der Waals surface area contributed by atoms with E-state index in [0.29, 0.717) is 18.2 Å². The highest BCUT2D eigenvalue weighted by molar-refractivity contribution is 5.99. The van der Waals surface area contributed by atoms with Crippen LogP contribution in [0.4, 0.5) is 5.69 Å². The van der Waals surface area contributed by atoms with Crippen LogP contribution in [0, 0.1) is 0 Å². The van der Waals surface area contributed by atoms with Gasteiger partial charge in [-0.2, -0.15) is 0 Å². The van der Waals surface area contributed by atoms with Gasteiger partial charge in [-0.15, -0.1) is 0 Å². The molecule has 1 aromatic rings. The van der Waals surface area contributed by atoms with Crippen molar-refractivity contribution in [3.63, 3.8) is 0 Å². The van der Waals surface area contributed by atoms with Gasteiger partial charge in [0.05, 0.1) is 5.69 Å². The zero-order chi connectivity index (χ0) is 13.7. The number of para-hydroxylation sites is 1. The van der Waals surface area contributed by atoms with Gasteiger partial charge in [0.15, 0.2) is 0 Å². The fourth-order valence-corrected chi connectivity index (χ4v) is 4.87. The van der Waals surface area contributed by atoms with Crippen LogP contribution in [0.5, 0.6) is 0 Å². The van der Waals surface area contributed by atoms with Crippen LogP contribution in [0.2, 0.25) is 0 Å². The maximum absolute atomic E-state index is 12.7. The summed E-state index contributed by atoms with van der Waals surface area (Å²) in [6.45, 7) is 2.35. The van der Waals surface area contributed by atoms with Gasteiger partial charge in [-0.1, -0.05) is 44.4 Å². The highest BCUT2D eigenvalue weighted by atomic mass is 16.2. The van der Waals surface area contributed by atoms with Gasteiger partial charge in [0, 0.05) is 12.0 Å². The molecule has 0 N–H and O–H groups in total. The SMILES string of the molecule is CC1CC2(CCCCC2)N2C(=O)CCc3cccc1c32. The Bertz CT molecular complexity index is 557. The predicted molar refractivity (Wildman–Crippen MR) is 81.1 cm³/mol. The van der Waals surface area contributed by atoms with E-state index in [1.807, 2.05) is 0 Å². The molecule has 2 nitrogen and oxygen atoms in total. The Kier molecular flexibility index (Phi) is 2.70. The summed E-state index contributed by atoms with van der Waals surface area (Å²) in [6, 6.07) is 6.65. The van der Waals surface area contributed by atoms with Crippen molar-refractivity contribution < 1.29 is 4.79 Å². The van der Waals surface area contributed by atoms with Crippen molar-refractivity contribution in [2.24, 2.45) is 0 Å². The second-order valence-corrected chi connectivity index (χ2v) is 6.97. The zero-order valence-electron chi connectivity index (χ0n) is 12.3. The van der Waals surface area contributed by atoms with E-state index in [1.54, 1.807) is 0 Å². The minimum absolute atomic E-state index is 0.137. The fraction of sp³-hybridized carbons (Fsp3) is 0.611. The number of fused-ring (bicyclic) bond motifs is 1. The van der Waals surface area contributed by atoms with E-state index in [-0.39, 0.29) is 5.54 Å². The van der Waals surface area contributed by atoms with Crippen LogP contribution in [0.15, 0.2) is 18.2 Å². The molecule has 1 atom stereocenters. The molecule has 1 aromatic carbocycles. The number of amides is 1. The summed E-state index contributed by atoms with van der Waals surface area (Å²) in [7, 11) is 0. The first-order chi connectivity index (χ1) is 9.71. The Morgan fingerprint density at radius 2 is 1.95 bits per heavy atom. The maximum Gasteiger partial charge on any atom is 0.227 e. The van der Waals surface area contributed by atoms with E-state index in [0.717, 1.165) is 12.8 Å². The lowest BCUT2D eigenvalue weighted by Gasteiger charge is -2.54. The quantitative estimate of drug-likeness (QED) is 0.692. The van der Waals surface area contributed by atoms with Crippen molar-refractivity contribution in [1.82, 2.24) is 0 Å². The first kappa shape index (κ1) is 12.4. The number of carbonyl (C=O) groups excluding carboxylic acids is 1. The first-order valence-corrected chi connectivity index (χ1v) is 8.16. The standard InChI is InChI=1S/C18H23NO/c1-13-12-18(10-3-2-4-11-18)19-16(20)9-8-14-6-5-7-15(13)17(14)19/h5-7,13H,2-4,8-12H2,1H3. The molecule has 2 heterocycles. The number of anilines is 1. The second kappa shape index (κ2) is 4.34. The van der Waals surface area contributed by atoms with Crippen LogP contribution in [0.3, 0.4) is 0 Å². The predicted octanol–water partition coefficient (Wildman–Crippen LogP) is 4.18. The molecule has 0 aromatic heterocycles. The van der Waals surface area contributed by atoms with Crippen LogP contribution >= 0.6 is 0 Å². The molecular formula is C18H23NO. The van der Waals surface area contributed by atoms with Crippen molar-refractivity contribution in [1.29, 1.82) is 0 Å². The molecular weight excluding hydrogens is 246 g/mol. The van der Waals surface area contributed by atoms with Crippen LogP contribution in [-0.2, 0) is 11.2 Å². The number of hydrogen-bond donors (Lipinski definition) is 0. The molecule has 1 amide bonds. The average Bonchev–Trinajstić information content (AvgIpc) is 2.46. The molecule has 4 rings (SSSR count). The highest BCUT2D eigenvalue weighted by Gasteiger charge is 2.48. The van der Waals surface area contributed by atoms with Crippen LogP contribution in [-0.4, -0.2) is 11.4 Å². The van der Waals surface area contributed by atoms with Crippen molar-refractivity contribution in [2.45, 2.75) is 69.7 Å². The van der Waals surface area contributed by atoms with Gasteiger partial charge in [-0.3, -0.25) is 4.79 Å². The smallest absolute Gasteiger partial charge is 0.227 e. The number of benzene rings is 1. The molecule has 0 radical (unpaired) electrons. The molecule has 1 aliphatic carbocycles. The lowest BCUT2D eigenvalue weighted by atomic mass is 9.68. The van der Waals surface area contributed by atoms with E-state index in [2.05, 4.69) is 30.0 Å². The molecule has 1 spiro atoms. The summed E-state index contributed by atoms with van der Waals surface area (Å²) < 4.78 is 0. The number of carbonyl (C=O) groups is 1. The van der Waals surface area contributed by atoms with Crippen molar-refractivity contribution in [3.05, 3.63) is 29.3 Å². The second-order valence-electron chi connectivity index (χ2n) is 6.97. The number of nitrogens with zero attached hydrogens (tertiary/aromatic N) is 1. The molecule has 2 aliphatic heterocycles. The third-order valence-corrected chi connectivity index (χ3v) is 5.71. The first-order valence-electron chi connectivity index (χ1n) is 8.16. The van der Waals surface area contributed by atoms with Gasteiger partial charge in [0.25, 0.3) is 0 Å². The number of rotatable bonds is 0. The average molecular weight is 269 g/mol. The maximum atomic E-state index is 12.7. The molecule has 1 unspecified atom stereocenters. The van der Waals surface area contributed by atoms with E-state index in [1.165, 1.54) is 48.9 Å². The Hall–Kier alpha value is -1.31. The van der Waals surface area contributed by atoms with Gasteiger partial charge in [-0.05, 0) is 42.7 Å². The number of hydrogen-bond acceptors (Lipinski definition) is 1. The van der Waals surface area contributed by atoms with Crippen molar-refractivity contribution in [3.8, 4) is 0 Å². The van der Waals surface area contributed by atoms with Crippen molar-refractivity contribution in [2.75, 3.05) is 4.90 Å². The summed E-state index contributed by atoms with van der Waals surface area (Å²) in [5.74, 6) is 0.962. The van der Waals surface area contributed by atoms with Crippen LogP contribution < -0.4 is 4.90 Å². The van der Waals surface area contributed by atoms with Crippen molar-refractivity contribution >= 4 is 11.6 Å². The lowest BCUT2D eigenvalue weighted by molar-refractivity contribution is -0.120. The Labute approximate surface area is 121 Å². The third-order valence-electron chi connectivity index (χ3n) is 5.71. The molecule has 1 saturated carbocycles. The van der Waals surface area contributed by atoms with Gasteiger partial charge in [0.1, 0.15) is 0 Å². The topological polar surface area (TPSA) is 20.3 Å². The Morgan fingerprint density at radius 1 is 1.15 bits per heavy atom. The van der Waals surface area contributed by atoms with Crippen LogP contribution in [0.1, 0.15) is 68.9 Å². The van der Waals surface area contributed by atoms with Gasteiger partial charge < -0.3 is 4.90 Å². The van der Waals surface area contributed by atoms with E-state index < -0.39 is 0 Å². The largest absolute Gasteiger partial charge is 0.306 e. The van der Waals surface area contributed by atoms with E-state index >= 15 is 0 Å². The zero-order valence-corrected chi connectivity index (χ0v) is 12.3. The van der Waals surface area contributed by atoms with Crippen LogP contribution in [0.25, 0.3) is 0 Å². The van der Waals surface area contributed by atoms with Gasteiger partial charge in [-0.25, -0.2) is 0 Å².